The maximum Gasteiger partial charge on any atom is 0.336 e. The normalized spacial score (nSPS) is 17.1. The fraction of sp³-hybridized carbons (Fsp3) is 0.333. The molecular weight excluding hydrogens is 386 g/mol. The van der Waals surface area contributed by atoms with Gasteiger partial charge >= 0.3 is 5.97 Å². The Kier molecular flexibility index (Phi) is 6.43. The molecule has 2 aromatic carbocycles. The number of halogens is 1. The van der Waals surface area contributed by atoms with Crippen LogP contribution in [0.25, 0.3) is 0 Å². The minimum Gasteiger partial charge on any atom is -0.460 e. The Morgan fingerprint density at radius 1 is 1.17 bits per heavy atom. The van der Waals surface area contributed by atoms with Gasteiger partial charge in [-0.2, -0.15) is 0 Å². The Hall–Kier alpha value is -2.59. The fourth-order valence-corrected chi connectivity index (χ4v) is 4.02. The van der Waals surface area contributed by atoms with E-state index in [2.05, 4.69) is 0 Å². The molecule has 0 N–H and O–H groups in total. The first-order valence-corrected chi connectivity index (χ1v) is 10.2. The standard InChI is InChI=1S/C24H26ClNO3/c1-15(2)29-24(28)23-17(4)26(14-18-9-7-10-19(25)12-18)22(27)13-21(23)20-11-6-5-8-16(20)3/h5-12,15,21H,13-14H2,1-4H3. The molecule has 0 spiro atoms. The molecule has 152 valence electrons. The average Bonchev–Trinajstić information content (AvgIpc) is 2.64. The van der Waals surface area contributed by atoms with Crippen molar-refractivity contribution in [2.45, 2.75) is 52.7 Å². The van der Waals surface area contributed by atoms with Crippen LogP contribution < -0.4 is 0 Å². The molecule has 2 aromatic rings. The molecule has 0 aromatic heterocycles. The number of hydrogen-bond acceptors (Lipinski definition) is 3. The van der Waals surface area contributed by atoms with Crippen LogP contribution in [0, 0.1) is 6.92 Å². The van der Waals surface area contributed by atoms with E-state index in [1.807, 2.05) is 70.2 Å². The largest absolute Gasteiger partial charge is 0.460 e. The zero-order valence-corrected chi connectivity index (χ0v) is 18.0. The lowest BCUT2D eigenvalue weighted by molar-refractivity contribution is -0.143. The van der Waals surface area contributed by atoms with Gasteiger partial charge in [0.1, 0.15) is 0 Å². The minimum absolute atomic E-state index is 0.0168. The van der Waals surface area contributed by atoms with Crippen molar-refractivity contribution in [1.29, 1.82) is 0 Å². The molecule has 1 heterocycles. The summed E-state index contributed by atoms with van der Waals surface area (Å²) in [7, 11) is 0. The van der Waals surface area contributed by atoms with E-state index in [9.17, 15) is 9.59 Å². The number of ether oxygens (including phenoxy) is 1. The zero-order valence-electron chi connectivity index (χ0n) is 17.2. The predicted molar refractivity (Wildman–Crippen MR) is 114 cm³/mol. The number of nitrogens with zero attached hydrogens (tertiary/aromatic N) is 1. The van der Waals surface area contributed by atoms with E-state index in [1.54, 1.807) is 11.0 Å². The van der Waals surface area contributed by atoms with Gasteiger partial charge in [0.15, 0.2) is 0 Å². The van der Waals surface area contributed by atoms with Crippen LogP contribution in [0.2, 0.25) is 5.02 Å². The van der Waals surface area contributed by atoms with E-state index in [0.717, 1.165) is 16.7 Å². The lowest BCUT2D eigenvalue weighted by atomic mass is 9.81. The van der Waals surface area contributed by atoms with Crippen LogP contribution in [-0.2, 0) is 20.9 Å². The first-order chi connectivity index (χ1) is 13.8. The Balaban J connectivity index is 2.06. The van der Waals surface area contributed by atoms with Gasteiger partial charge in [-0.3, -0.25) is 4.79 Å². The van der Waals surface area contributed by atoms with Crippen LogP contribution in [0.3, 0.4) is 0 Å². The summed E-state index contributed by atoms with van der Waals surface area (Å²) in [5.74, 6) is -0.697. The van der Waals surface area contributed by atoms with Gasteiger partial charge in [0.2, 0.25) is 5.91 Å². The van der Waals surface area contributed by atoms with Gasteiger partial charge in [-0.1, -0.05) is 48.0 Å². The van der Waals surface area contributed by atoms with Crippen molar-refractivity contribution in [1.82, 2.24) is 4.90 Å². The van der Waals surface area contributed by atoms with E-state index >= 15 is 0 Å². The molecule has 5 heteroatoms. The van der Waals surface area contributed by atoms with Crippen molar-refractivity contribution < 1.29 is 14.3 Å². The first kappa shape index (κ1) is 21.1. The number of carbonyl (C=O) groups excluding carboxylic acids is 2. The van der Waals surface area contributed by atoms with Crippen molar-refractivity contribution in [2.24, 2.45) is 0 Å². The highest BCUT2D eigenvalue weighted by molar-refractivity contribution is 6.30. The lowest BCUT2D eigenvalue weighted by Gasteiger charge is -2.35. The second-order valence-corrected chi connectivity index (χ2v) is 8.11. The van der Waals surface area contributed by atoms with Crippen LogP contribution in [-0.4, -0.2) is 22.9 Å². The Morgan fingerprint density at radius 2 is 1.90 bits per heavy atom. The number of esters is 1. The molecule has 3 rings (SSSR count). The van der Waals surface area contributed by atoms with Gasteiger partial charge in [-0.15, -0.1) is 0 Å². The van der Waals surface area contributed by atoms with E-state index in [0.29, 0.717) is 22.8 Å². The molecule has 1 unspecified atom stereocenters. The monoisotopic (exact) mass is 411 g/mol. The quantitative estimate of drug-likeness (QED) is 0.619. The molecule has 0 fully saturated rings. The Labute approximate surface area is 177 Å². The van der Waals surface area contributed by atoms with Crippen LogP contribution in [0.15, 0.2) is 59.8 Å². The molecule has 29 heavy (non-hydrogen) atoms. The maximum atomic E-state index is 13.1. The van der Waals surface area contributed by atoms with Crippen LogP contribution in [0.5, 0.6) is 0 Å². The van der Waals surface area contributed by atoms with Gasteiger partial charge in [0.05, 0.1) is 18.2 Å². The van der Waals surface area contributed by atoms with Gasteiger partial charge < -0.3 is 9.64 Å². The first-order valence-electron chi connectivity index (χ1n) is 9.80. The van der Waals surface area contributed by atoms with Crippen molar-refractivity contribution >= 4 is 23.5 Å². The Bertz CT molecular complexity index is 964. The van der Waals surface area contributed by atoms with Gasteiger partial charge in [0.25, 0.3) is 0 Å². The molecule has 0 bridgehead atoms. The van der Waals surface area contributed by atoms with Crippen LogP contribution in [0.4, 0.5) is 0 Å². The smallest absolute Gasteiger partial charge is 0.336 e. The van der Waals surface area contributed by atoms with Gasteiger partial charge in [-0.05, 0) is 56.5 Å². The molecule has 0 aliphatic carbocycles. The third-order valence-electron chi connectivity index (χ3n) is 5.18. The second-order valence-electron chi connectivity index (χ2n) is 7.68. The van der Waals surface area contributed by atoms with E-state index in [4.69, 9.17) is 16.3 Å². The number of allylic oxidation sites excluding steroid dienone is 1. The molecule has 0 saturated heterocycles. The lowest BCUT2D eigenvalue weighted by Crippen LogP contribution is -2.38. The minimum atomic E-state index is -0.366. The van der Waals surface area contributed by atoms with Crippen molar-refractivity contribution in [2.75, 3.05) is 0 Å². The highest BCUT2D eigenvalue weighted by Crippen LogP contribution is 2.39. The summed E-state index contributed by atoms with van der Waals surface area (Å²) >= 11 is 6.10. The summed E-state index contributed by atoms with van der Waals surface area (Å²) in [6.07, 6.45) is -0.00927. The van der Waals surface area contributed by atoms with Gasteiger partial charge in [0, 0.05) is 23.1 Å². The number of amides is 1. The second kappa shape index (κ2) is 8.83. The van der Waals surface area contributed by atoms with Gasteiger partial charge in [-0.25, -0.2) is 4.79 Å². The number of benzene rings is 2. The summed E-state index contributed by atoms with van der Waals surface area (Å²) in [4.78, 5) is 27.8. The summed E-state index contributed by atoms with van der Waals surface area (Å²) in [5.41, 5.74) is 4.14. The van der Waals surface area contributed by atoms with Crippen molar-refractivity contribution in [3.8, 4) is 0 Å². The molecule has 1 atom stereocenters. The number of hydrogen-bond donors (Lipinski definition) is 0. The summed E-state index contributed by atoms with van der Waals surface area (Å²) < 4.78 is 5.55. The highest BCUT2D eigenvalue weighted by Gasteiger charge is 2.37. The summed E-state index contributed by atoms with van der Waals surface area (Å²) in [6, 6.07) is 15.3. The molecule has 0 saturated carbocycles. The number of aryl methyl sites for hydroxylation is 1. The molecule has 1 aliphatic heterocycles. The zero-order chi connectivity index (χ0) is 21.1. The molecule has 4 nitrogen and oxygen atoms in total. The SMILES string of the molecule is CC1=C(C(=O)OC(C)C)C(c2ccccc2C)CC(=O)N1Cc1cccc(Cl)c1. The maximum absolute atomic E-state index is 13.1. The predicted octanol–water partition coefficient (Wildman–Crippen LogP) is 5.39. The van der Waals surface area contributed by atoms with E-state index < -0.39 is 0 Å². The molecule has 1 aliphatic rings. The third kappa shape index (κ3) is 4.70. The summed E-state index contributed by atoms with van der Waals surface area (Å²) in [6.45, 7) is 7.84. The molecule has 0 radical (unpaired) electrons. The van der Waals surface area contributed by atoms with Crippen LogP contribution >= 0.6 is 11.6 Å². The van der Waals surface area contributed by atoms with Crippen molar-refractivity contribution in [3.05, 3.63) is 81.5 Å². The Morgan fingerprint density at radius 3 is 2.55 bits per heavy atom. The highest BCUT2D eigenvalue weighted by atomic mass is 35.5. The third-order valence-corrected chi connectivity index (χ3v) is 5.41. The van der Waals surface area contributed by atoms with E-state index in [-0.39, 0.29) is 30.3 Å². The fourth-order valence-electron chi connectivity index (χ4n) is 3.81. The number of rotatable bonds is 5. The van der Waals surface area contributed by atoms with Crippen molar-refractivity contribution in [3.63, 3.8) is 0 Å². The topological polar surface area (TPSA) is 46.6 Å². The number of carbonyl (C=O) groups is 2. The summed E-state index contributed by atoms with van der Waals surface area (Å²) in [5, 5.41) is 0.616. The van der Waals surface area contributed by atoms with Crippen LogP contribution in [0.1, 0.15) is 49.8 Å². The van der Waals surface area contributed by atoms with E-state index in [1.165, 1.54) is 0 Å². The molecule has 1 amide bonds. The molecular formula is C24H26ClNO3. The average molecular weight is 412 g/mol.